The molecule has 1 saturated carbocycles. The topological polar surface area (TPSA) is 68.0 Å². The van der Waals surface area contributed by atoms with Crippen LogP contribution >= 0.6 is 0 Å². The van der Waals surface area contributed by atoms with E-state index in [1.807, 2.05) is 0 Å². The summed E-state index contributed by atoms with van der Waals surface area (Å²) in [5.74, 6) is 1.58. The average molecular weight is 209 g/mol. The first-order valence-corrected chi connectivity index (χ1v) is 5.32. The number of hydrogen-bond acceptors (Lipinski definition) is 4. The summed E-state index contributed by atoms with van der Waals surface area (Å²) in [6.07, 6.45) is 4.48. The Balaban J connectivity index is 1.70. The van der Waals surface area contributed by atoms with Gasteiger partial charge in [0.1, 0.15) is 0 Å². The van der Waals surface area contributed by atoms with Gasteiger partial charge in [0.2, 0.25) is 12.3 Å². The van der Waals surface area contributed by atoms with Crippen LogP contribution in [0.1, 0.15) is 32.0 Å². The van der Waals surface area contributed by atoms with Crippen LogP contribution in [0.5, 0.6) is 0 Å². The maximum atomic E-state index is 11.6. The second-order valence-corrected chi connectivity index (χ2v) is 4.01. The number of carbonyl (C=O) groups excluding carboxylic acids is 1. The molecular formula is C10H15N3O2. The van der Waals surface area contributed by atoms with Gasteiger partial charge in [-0.15, -0.1) is 0 Å². The third kappa shape index (κ3) is 2.34. The average Bonchev–Trinajstić information content (AvgIpc) is 2.65. The van der Waals surface area contributed by atoms with Gasteiger partial charge in [0, 0.05) is 5.92 Å². The number of aromatic nitrogens is 2. The molecule has 1 aromatic rings. The Morgan fingerprint density at radius 3 is 3.07 bits per heavy atom. The van der Waals surface area contributed by atoms with Gasteiger partial charge in [-0.1, -0.05) is 18.5 Å². The Morgan fingerprint density at radius 2 is 2.47 bits per heavy atom. The third-order valence-corrected chi connectivity index (χ3v) is 3.01. The summed E-state index contributed by atoms with van der Waals surface area (Å²) in [6, 6.07) is 0. The Kier molecular flexibility index (Phi) is 2.99. The van der Waals surface area contributed by atoms with Crippen molar-refractivity contribution in [2.45, 2.75) is 32.7 Å². The van der Waals surface area contributed by atoms with E-state index in [9.17, 15) is 4.79 Å². The monoisotopic (exact) mass is 209 g/mol. The molecule has 1 aliphatic carbocycles. The Hall–Kier alpha value is -1.39. The molecule has 82 valence electrons. The molecule has 0 aromatic carbocycles. The van der Waals surface area contributed by atoms with Crippen LogP contribution in [-0.4, -0.2) is 16.0 Å². The molecule has 15 heavy (non-hydrogen) atoms. The lowest BCUT2D eigenvalue weighted by Crippen LogP contribution is -2.38. The lowest BCUT2D eigenvalue weighted by molar-refractivity contribution is -0.129. The summed E-state index contributed by atoms with van der Waals surface area (Å²) in [4.78, 5) is 15.4. The van der Waals surface area contributed by atoms with Crippen LogP contribution in [-0.2, 0) is 11.3 Å². The van der Waals surface area contributed by atoms with E-state index in [2.05, 4.69) is 26.9 Å². The van der Waals surface area contributed by atoms with Crippen LogP contribution in [0.15, 0.2) is 10.9 Å². The zero-order chi connectivity index (χ0) is 10.7. The molecule has 0 aliphatic heterocycles. The van der Waals surface area contributed by atoms with Gasteiger partial charge in [-0.25, -0.2) is 0 Å². The highest BCUT2D eigenvalue weighted by molar-refractivity contribution is 5.79. The normalized spacial score (nSPS) is 24.6. The fraction of sp³-hybridized carbons (Fsp3) is 0.700. The molecule has 1 aromatic heterocycles. The van der Waals surface area contributed by atoms with E-state index in [-0.39, 0.29) is 11.8 Å². The SMILES string of the molecule is CCC1CC(C(=O)NCc2ncon2)C1. The van der Waals surface area contributed by atoms with E-state index in [0.717, 1.165) is 18.8 Å². The van der Waals surface area contributed by atoms with E-state index < -0.39 is 0 Å². The zero-order valence-corrected chi connectivity index (χ0v) is 8.77. The zero-order valence-electron chi connectivity index (χ0n) is 8.77. The number of amides is 1. The molecular weight excluding hydrogens is 194 g/mol. The first kappa shape index (κ1) is 10.1. The molecule has 0 atom stereocenters. The molecule has 2 rings (SSSR count). The lowest BCUT2D eigenvalue weighted by Gasteiger charge is -2.33. The quantitative estimate of drug-likeness (QED) is 0.806. The van der Waals surface area contributed by atoms with Crippen molar-refractivity contribution in [3.8, 4) is 0 Å². The van der Waals surface area contributed by atoms with Crippen molar-refractivity contribution in [3.05, 3.63) is 12.2 Å². The smallest absolute Gasteiger partial charge is 0.223 e. The number of nitrogens with one attached hydrogen (secondary N) is 1. The molecule has 0 radical (unpaired) electrons. The minimum atomic E-state index is 0.115. The summed E-state index contributed by atoms with van der Waals surface area (Å²) >= 11 is 0. The second-order valence-electron chi connectivity index (χ2n) is 4.01. The molecule has 5 nitrogen and oxygen atoms in total. The lowest BCUT2D eigenvalue weighted by atomic mass is 9.73. The van der Waals surface area contributed by atoms with Crippen molar-refractivity contribution >= 4 is 5.91 Å². The predicted molar refractivity (Wildman–Crippen MR) is 52.6 cm³/mol. The van der Waals surface area contributed by atoms with Crippen LogP contribution in [0.2, 0.25) is 0 Å². The van der Waals surface area contributed by atoms with Gasteiger partial charge in [0.05, 0.1) is 6.54 Å². The van der Waals surface area contributed by atoms with Crippen LogP contribution in [0.3, 0.4) is 0 Å². The van der Waals surface area contributed by atoms with E-state index in [4.69, 9.17) is 0 Å². The number of nitrogens with zero attached hydrogens (tertiary/aromatic N) is 2. The molecule has 0 spiro atoms. The van der Waals surface area contributed by atoms with Crippen molar-refractivity contribution in [2.75, 3.05) is 0 Å². The van der Waals surface area contributed by atoms with E-state index in [1.165, 1.54) is 12.8 Å². The van der Waals surface area contributed by atoms with Crippen LogP contribution in [0, 0.1) is 11.8 Å². The van der Waals surface area contributed by atoms with Gasteiger partial charge >= 0.3 is 0 Å². The molecule has 5 heteroatoms. The van der Waals surface area contributed by atoms with Gasteiger partial charge in [0.15, 0.2) is 5.82 Å². The van der Waals surface area contributed by atoms with Gasteiger partial charge in [-0.05, 0) is 18.8 Å². The van der Waals surface area contributed by atoms with Gasteiger partial charge in [-0.2, -0.15) is 4.98 Å². The largest absolute Gasteiger partial charge is 0.348 e. The Labute approximate surface area is 88.2 Å². The van der Waals surface area contributed by atoms with E-state index in [0.29, 0.717) is 12.4 Å². The first-order chi connectivity index (χ1) is 7.29. The fourth-order valence-electron chi connectivity index (χ4n) is 1.86. The van der Waals surface area contributed by atoms with Crippen LogP contribution < -0.4 is 5.32 Å². The summed E-state index contributed by atoms with van der Waals surface area (Å²) in [5.41, 5.74) is 0. The summed E-state index contributed by atoms with van der Waals surface area (Å²) in [6.45, 7) is 2.53. The standard InChI is InChI=1S/C10H15N3O2/c1-2-7-3-8(4-7)10(14)11-5-9-12-6-15-13-9/h6-8H,2-5H2,1H3,(H,11,14). The predicted octanol–water partition coefficient (Wildman–Crippen LogP) is 1.12. The molecule has 0 bridgehead atoms. The maximum absolute atomic E-state index is 11.6. The third-order valence-electron chi connectivity index (χ3n) is 3.01. The molecule has 1 amide bonds. The van der Waals surface area contributed by atoms with Gasteiger partial charge in [-0.3, -0.25) is 4.79 Å². The Bertz CT molecular complexity index is 317. The summed E-state index contributed by atoms with van der Waals surface area (Å²) in [5, 5.41) is 6.43. The molecule has 1 N–H and O–H groups in total. The highest BCUT2D eigenvalue weighted by atomic mass is 16.5. The molecule has 0 saturated heterocycles. The highest BCUT2D eigenvalue weighted by Crippen LogP contribution is 2.35. The first-order valence-electron chi connectivity index (χ1n) is 5.32. The van der Waals surface area contributed by atoms with E-state index in [1.54, 1.807) is 0 Å². The summed E-state index contributed by atoms with van der Waals surface area (Å²) in [7, 11) is 0. The summed E-state index contributed by atoms with van der Waals surface area (Å²) < 4.78 is 4.57. The molecule has 1 aliphatic rings. The van der Waals surface area contributed by atoms with Gasteiger partial charge < -0.3 is 9.84 Å². The van der Waals surface area contributed by atoms with Crippen molar-refractivity contribution in [1.82, 2.24) is 15.5 Å². The van der Waals surface area contributed by atoms with E-state index >= 15 is 0 Å². The van der Waals surface area contributed by atoms with Crippen molar-refractivity contribution in [2.24, 2.45) is 11.8 Å². The molecule has 1 heterocycles. The van der Waals surface area contributed by atoms with Crippen LogP contribution in [0.25, 0.3) is 0 Å². The minimum absolute atomic E-state index is 0.115. The van der Waals surface area contributed by atoms with Crippen molar-refractivity contribution < 1.29 is 9.32 Å². The molecule has 1 fully saturated rings. The van der Waals surface area contributed by atoms with Crippen molar-refractivity contribution in [3.63, 3.8) is 0 Å². The highest BCUT2D eigenvalue weighted by Gasteiger charge is 2.32. The number of hydrogen-bond donors (Lipinski definition) is 1. The van der Waals surface area contributed by atoms with Crippen LogP contribution in [0.4, 0.5) is 0 Å². The molecule has 0 unspecified atom stereocenters. The van der Waals surface area contributed by atoms with Crippen molar-refractivity contribution in [1.29, 1.82) is 0 Å². The maximum Gasteiger partial charge on any atom is 0.223 e. The Morgan fingerprint density at radius 1 is 1.67 bits per heavy atom. The fourth-order valence-corrected chi connectivity index (χ4v) is 1.86. The minimum Gasteiger partial charge on any atom is -0.348 e. The number of carbonyl (C=O) groups is 1. The van der Waals surface area contributed by atoms with Gasteiger partial charge in [0.25, 0.3) is 0 Å². The second kappa shape index (κ2) is 4.42. The number of rotatable bonds is 4.